The summed E-state index contributed by atoms with van der Waals surface area (Å²) in [5.41, 5.74) is 1.01. The molecule has 1 fully saturated rings. The van der Waals surface area contributed by atoms with Gasteiger partial charge in [0.1, 0.15) is 0 Å². The molecule has 0 radical (unpaired) electrons. The van der Waals surface area contributed by atoms with Gasteiger partial charge in [0, 0.05) is 36.8 Å². The number of carbonyl (C=O) groups is 1. The van der Waals surface area contributed by atoms with Crippen molar-refractivity contribution < 1.29 is 13.6 Å². The Morgan fingerprint density at radius 1 is 0.917 bits per heavy atom. The Bertz CT molecular complexity index is 777. The van der Waals surface area contributed by atoms with Crippen molar-refractivity contribution in [1.82, 2.24) is 4.90 Å². The van der Waals surface area contributed by atoms with E-state index in [2.05, 4.69) is 4.90 Å². The third-order valence-electron chi connectivity index (χ3n) is 3.98. The maximum atomic E-state index is 13.3. The molecule has 0 bridgehead atoms. The number of hydrogen-bond acceptors (Lipinski definition) is 2. The SMILES string of the molecule is O=C(c1ccc(F)c(F)c1)N1CCN(c2ccc(Cl)cc2Cl)CC1. The van der Waals surface area contributed by atoms with Crippen molar-refractivity contribution in [3.8, 4) is 0 Å². The van der Waals surface area contributed by atoms with Crippen LogP contribution in [0.4, 0.5) is 14.5 Å². The Labute approximate surface area is 148 Å². The van der Waals surface area contributed by atoms with Crippen molar-refractivity contribution in [3.63, 3.8) is 0 Å². The minimum atomic E-state index is -1.02. The number of nitrogens with zero attached hydrogens (tertiary/aromatic N) is 2. The molecule has 1 saturated heterocycles. The monoisotopic (exact) mass is 370 g/mol. The van der Waals surface area contributed by atoms with Crippen molar-refractivity contribution in [3.05, 3.63) is 63.6 Å². The quantitative estimate of drug-likeness (QED) is 0.789. The number of anilines is 1. The molecule has 1 aliphatic rings. The van der Waals surface area contributed by atoms with Crippen LogP contribution in [0.1, 0.15) is 10.4 Å². The van der Waals surface area contributed by atoms with E-state index >= 15 is 0 Å². The first kappa shape index (κ1) is 17.0. The maximum Gasteiger partial charge on any atom is 0.254 e. The summed E-state index contributed by atoms with van der Waals surface area (Å²) in [6.07, 6.45) is 0. The van der Waals surface area contributed by atoms with Crippen LogP contribution in [0.2, 0.25) is 10.0 Å². The topological polar surface area (TPSA) is 23.6 Å². The summed E-state index contributed by atoms with van der Waals surface area (Å²) in [6.45, 7) is 2.13. The van der Waals surface area contributed by atoms with Crippen LogP contribution >= 0.6 is 23.2 Å². The van der Waals surface area contributed by atoms with Crippen LogP contribution in [0.15, 0.2) is 36.4 Å². The molecule has 3 rings (SSSR count). The molecule has 0 aliphatic carbocycles. The molecule has 24 heavy (non-hydrogen) atoms. The van der Waals surface area contributed by atoms with Crippen LogP contribution in [-0.4, -0.2) is 37.0 Å². The molecule has 126 valence electrons. The van der Waals surface area contributed by atoms with Crippen molar-refractivity contribution in [2.75, 3.05) is 31.1 Å². The van der Waals surface area contributed by atoms with E-state index in [0.29, 0.717) is 36.2 Å². The lowest BCUT2D eigenvalue weighted by Crippen LogP contribution is -2.48. The van der Waals surface area contributed by atoms with E-state index in [1.165, 1.54) is 6.07 Å². The second-order valence-electron chi connectivity index (χ2n) is 5.50. The van der Waals surface area contributed by atoms with E-state index in [-0.39, 0.29) is 11.5 Å². The summed E-state index contributed by atoms with van der Waals surface area (Å²) >= 11 is 12.1. The molecule has 0 N–H and O–H groups in total. The minimum absolute atomic E-state index is 0.145. The smallest absolute Gasteiger partial charge is 0.254 e. The number of rotatable bonds is 2. The number of halogens is 4. The van der Waals surface area contributed by atoms with Gasteiger partial charge in [-0.2, -0.15) is 0 Å². The molecule has 7 heteroatoms. The predicted octanol–water partition coefficient (Wildman–Crippen LogP) is 4.23. The molecule has 0 aromatic heterocycles. The molecular weight excluding hydrogens is 357 g/mol. The van der Waals surface area contributed by atoms with Crippen LogP contribution in [0.5, 0.6) is 0 Å². The number of hydrogen-bond donors (Lipinski definition) is 0. The van der Waals surface area contributed by atoms with Gasteiger partial charge >= 0.3 is 0 Å². The Morgan fingerprint density at radius 3 is 2.25 bits per heavy atom. The van der Waals surface area contributed by atoms with Crippen LogP contribution in [0, 0.1) is 11.6 Å². The third-order valence-corrected chi connectivity index (χ3v) is 4.52. The second kappa shape index (κ2) is 6.95. The largest absolute Gasteiger partial charge is 0.367 e. The van der Waals surface area contributed by atoms with Gasteiger partial charge in [0.05, 0.1) is 10.7 Å². The highest BCUT2D eigenvalue weighted by molar-refractivity contribution is 6.36. The zero-order valence-corrected chi connectivity index (χ0v) is 14.1. The average Bonchev–Trinajstić information content (AvgIpc) is 2.57. The normalized spacial score (nSPS) is 14.8. The Balaban J connectivity index is 1.68. The fraction of sp³-hybridized carbons (Fsp3) is 0.235. The van der Waals surface area contributed by atoms with Crippen molar-refractivity contribution in [2.24, 2.45) is 0 Å². The van der Waals surface area contributed by atoms with E-state index in [0.717, 1.165) is 17.8 Å². The van der Waals surface area contributed by atoms with Crippen molar-refractivity contribution in [2.45, 2.75) is 0 Å². The van der Waals surface area contributed by atoms with Gasteiger partial charge in [-0.25, -0.2) is 8.78 Å². The zero-order valence-electron chi connectivity index (χ0n) is 12.6. The molecule has 2 aromatic rings. The minimum Gasteiger partial charge on any atom is -0.367 e. The summed E-state index contributed by atoms with van der Waals surface area (Å²) in [5.74, 6) is -2.29. The molecule has 1 heterocycles. The summed E-state index contributed by atoms with van der Waals surface area (Å²) in [4.78, 5) is 16.1. The van der Waals surface area contributed by atoms with E-state index in [4.69, 9.17) is 23.2 Å². The van der Waals surface area contributed by atoms with E-state index < -0.39 is 11.6 Å². The number of benzene rings is 2. The fourth-order valence-electron chi connectivity index (χ4n) is 2.70. The van der Waals surface area contributed by atoms with E-state index in [1.54, 1.807) is 17.0 Å². The summed E-state index contributed by atoms with van der Waals surface area (Å²) < 4.78 is 26.3. The first-order valence-electron chi connectivity index (χ1n) is 7.40. The lowest BCUT2D eigenvalue weighted by molar-refractivity contribution is 0.0746. The molecular formula is C17H14Cl2F2N2O. The average molecular weight is 371 g/mol. The summed E-state index contributed by atoms with van der Waals surface area (Å²) in [5, 5.41) is 1.12. The van der Waals surface area contributed by atoms with Gasteiger partial charge in [0.25, 0.3) is 5.91 Å². The summed E-state index contributed by atoms with van der Waals surface area (Å²) in [7, 11) is 0. The third kappa shape index (κ3) is 3.47. The van der Waals surface area contributed by atoms with Crippen LogP contribution < -0.4 is 4.90 Å². The van der Waals surface area contributed by atoms with E-state index in [1.807, 2.05) is 6.07 Å². The second-order valence-corrected chi connectivity index (χ2v) is 6.35. The molecule has 0 spiro atoms. The van der Waals surface area contributed by atoms with Gasteiger partial charge in [-0.3, -0.25) is 4.79 Å². The molecule has 2 aromatic carbocycles. The Kier molecular flexibility index (Phi) is 4.92. The maximum absolute atomic E-state index is 13.3. The predicted molar refractivity (Wildman–Crippen MR) is 90.9 cm³/mol. The highest BCUT2D eigenvalue weighted by Crippen LogP contribution is 2.29. The Hall–Kier alpha value is -1.85. The van der Waals surface area contributed by atoms with Gasteiger partial charge < -0.3 is 9.80 Å². The van der Waals surface area contributed by atoms with Gasteiger partial charge in [-0.05, 0) is 36.4 Å². The first-order chi connectivity index (χ1) is 11.5. The lowest BCUT2D eigenvalue weighted by atomic mass is 10.1. The molecule has 0 unspecified atom stereocenters. The number of piperazine rings is 1. The van der Waals surface area contributed by atoms with Gasteiger partial charge in [-0.15, -0.1) is 0 Å². The van der Waals surface area contributed by atoms with Crippen LogP contribution in [0.25, 0.3) is 0 Å². The van der Waals surface area contributed by atoms with E-state index in [9.17, 15) is 13.6 Å². The molecule has 3 nitrogen and oxygen atoms in total. The van der Waals surface area contributed by atoms with Crippen molar-refractivity contribution >= 4 is 34.8 Å². The zero-order chi connectivity index (χ0) is 17.3. The molecule has 0 atom stereocenters. The standard InChI is InChI=1S/C17H14Cl2F2N2O/c18-12-2-4-16(13(19)10-12)22-5-7-23(8-6-22)17(24)11-1-3-14(20)15(21)9-11/h1-4,9-10H,5-8H2. The van der Waals surface area contributed by atoms with Gasteiger partial charge in [0.2, 0.25) is 0 Å². The molecule has 1 aliphatic heterocycles. The Morgan fingerprint density at radius 2 is 1.62 bits per heavy atom. The highest BCUT2D eigenvalue weighted by Gasteiger charge is 2.24. The number of carbonyl (C=O) groups excluding carboxylic acids is 1. The lowest BCUT2D eigenvalue weighted by Gasteiger charge is -2.36. The molecule has 0 saturated carbocycles. The first-order valence-corrected chi connectivity index (χ1v) is 8.15. The van der Waals surface area contributed by atoms with Gasteiger partial charge in [0.15, 0.2) is 11.6 Å². The van der Waals surface area contributed by atoms with Crippen molar-refractivity contribution in [1.29, 1.82) is 0 Å². The molecule has 1 amide bonds. The highest BCUT2D eigenvalue weighted by atomic mass is 35.5. The number of amides is 1. The van der Waals surface area contributed by atoms with Crippen LogP contribution in [0.3, 0.4) is 0 Å². The fourth-order valence-corrected chi connectivity index (χ4v) is 3.23. The summed E-state index contributed by atoms with van der Waals surface area (Å²) in [6, 6.07) is 8.48. The van der Waals surface area contributed by atoms with Crippen LogP contribution in [-0.2, 0) is 0 Å². The van der Waals surface area contributed by atoms with Gasteiger partial charge in [-0.1, -0.05) is 23.2 Å².